The highest BCUT2D eigenvalue weighted by Gasteiger charge is 2.11. The number of carbonyl (C=O) groups excluding carboxylic acids is 1. The SMILES string of the molecule is COCCCCCNC(=O)c1cc(Br)cnc1Cl. The minimum Gasteiger partial charge on any atom is -0.385 e. The normalized spacial score (nSPS) is 10.4. The van der Waals surface area contributed by atoms with Crippen LogP contribution in [0, 0.1) is 0 Å². The molecule has 1 amide bonds. The van der Waals surface area contributed by atoms with Crippen LogP contribution >= 0.6 is 27.5 Å². The molecule has 0 saturated carbocycles. The van der Waals surface area contributed by atoms with Gasteiger partial charge in [0, 0.05) is 30.9 Å². The first-order chi connectivity index (χ1) is 8.65. The summed E-state index contributed by atoms with van der Waals surface area (Å²) in [7, 11) is 1.68. The Labute approximate surface area is 120 Å². The number of rotatable bonds is 7. The average molecular weight is 336 g/mol. The van der Waals surface area contributed by atoms with Gasteiger partial charge in [-0.25, -0.2) is 4.98 Å². The van der Waals surface area contributed by atoms with Crippen molar-refractivity contribution < 1.29 is 9.53 Å². The summed E-state index contributed by atoms with van der Waals surface area (Å²) in [5.74, 6) is -0.194. The predicted octanol–water partition coefficient (Wildman–Crippen LogP) is 3.04. The monoisotopic (exact) mass is 334 g/mol. The second-order valence-corrected chi connectivity index (χ2v) is 5.07. The van der Waals surface area contributed by atoms with Crippen LogP contribution in [0.4, 0.5) is 0 Å². The molecule has 0 fully saturated rings. The molecule has 0 radical (unpaired) electrons. The molecule has 0 aromatic carbocycles. The van der Waals surface area contributed by atoms with Gasteiger partial charge in [-0.05, 0) is 41.3 Å². The summed E-state index contributed by atoms with van der Waals surface area (Å²) >= 11 is 9.12. The molecule has 0 saturated heterocycles. The Morgan fingerprint density at radius 2 is 2.28 bits per heavy atom. The highest BCUT2D eigenvalue weighted by atomic mass is 79.9. The summed E-state index contributed by atoms with van der Waals surface area (Å²) in [5, 5.41) is 3.04. The Bertz CT molecular complexity index is 402. The Morgan fingerprint density at radius 1 is 1.50 bits per heavy atom. The van der Waals surface area contributed by atoms with E-state index in [0.717, 1.165) is 30.3 Å². The van der Waals surface area contributed by atoms with Gasteiger partial charge in [-0.15, -0.1) is 0 Å². The number of unbranched alkanes of at least 4 members (excludes halogenated alkanes) is 2. The molecule has 0 atom stereocenters. The lowest BCUT2D eigenvalue weighted by molar-refractivity contribution is 0.0952. The maximum absolute atomic E-state index is 11.8. The largest absolute Gasteiger partial charge is 0.385 e. The van der Waals surface area contributed by atoms with E-state index >= 15 is 0 Å². The molecule has 0 aliphatic rings. The van der Waals surface area contributed by atoms with Crippen molar-refractivity contribution in [2.75, 3.05) is 20.3 Å². The van der Waals surface area contributed by atoms with Gasteiger partial charge in [-0.3, -0.25) is 4.79 Å². The maximum Gasteiger partial charge on any atom is 0.254 e. The number of nitrogens with one attached hydrogen (secondary N) is 1. The molecular weight excluding hydrogens is 320 g/mol. The van der Waals surface area contributed by atoms with Crippen molar-refractivity contribution in [3.63, 3.8) is 0 Å². The van der Waals surface area contributed by atoms with Crippen molar-refractivity contribution in [2.24, 2.45) is 0 Å². The first kappa shape index (κ1) is 15.4. The summed E-state index contributed by atoms with van der Waals surface area (Å²) in [4.78, 5) is 15.7. The van der Waals surface area contributed by atoms with Crippen LogP contribution in [0.2, 0.25) is 5.15 Å². The summed E-state index contributed by atoms with van der Waals surface area (Å²) in [6, 6.07) is 1.66. The third kappa shape index (κ3) is 5.33. The molecular formula is C12H16BrClN2O2. The Morgan fingerprint density at radius 3 is 3.00 bits per heavy atom. The van der Waals surface area contributed by atoms with Crippen molar-refractivity contribution in [1.29, 1.82) is 0 Å². The number of aromatic nitrogens is 1. The fourth-order valence-corrected chi connectivity index (χ4v) is 1.95. The predicted molar refractivity (Wildman–Crippen MR) is 75.0 cm³/mol. The second kappa shape index (κ2) is 8.45. The number of hydrogen-bond acceptors (Lipinski definition) is 3. The summed E-state index contributed by atoms with van der Waals surface area (Å²) < 4.78 is 5.68. The standard InChI is InChI=1S/C12H16BrClN2O2/c1-18-6-4-2-3-5-15-12(17)10-7-9(13)8-16-11(10)14/h7-8H,2-6H2,1H3,(H,15,17). The lowest BCUT2D eigenvalue weighted by atomic mass is 10.2. The van der Waals surface area contributed by atoms with E-state index in [9.17, 15) is 4.79 Å². The smallest absolute Gasteiger partial charge is 0.254 e. The van der Waals surface area contributed by atoms with Crippen LogP contribution in [0.5, 0.6) is 0 Å². The molecule has 1 aromatic heterocycles. The van der Waals surface area contributed by atoms with Gasteiger partial charge in [-0.2, -0.15) is 0 Å². The van der Waals surface area contributed by atoms with Crippen LogP contribution in [0.15, 0.2) is 16.7 Å². The van der Waals surface area contributed by atoms with Gasteiger partial charge >= 0.3 is 0 Å². The maximum atomic E-state index is 11.8. The molecule has 0 unspecified atom stereocenters. The number of ether oxygens (including phenoxy) is 1. The first-order valence-electron chi connectivity index (χ1n) is 5.73. The highest BCUT2D eigenvalue weighted by molar-refractivity contribution is 9.10. The molecule has 1 rings (SSSR count). The summed E-state index contributed by atoms with van der Waals surface area (Å²) in [6.45, 7) is 1.39. The number of nitrogens with zero attached hydrogens (tertiary/aromatic N) is 1. The van der Waals surface area contributed by atoms with Gasteiger partial charge in [0.05, 0.1) is 5.56 Å². The van der Waals surface area contributed by atoms with E-state index in [-0.39, 0.29) is 11.1 Å². The molecule has 100 valence electrons. The van der Waals surface area contributed by atoms with Crippen LogP contribution in [-0.4, -0.2) is 31.2 Å². The van der Waals surface area contributed by atoms with Crippen LogP contribution < -0.4 is 5.32 Å². The van der Waals surface area contributed by atoms with E-state index in [1.165, 1.54) is 0 Å². The van der Waals surface area contributed by atoms with Gasteiger partial charge in [0.15, 0.2) is 0 Å². The molecule has 1 heterocycles. The van der Waals surface area contributed by atoms with E-state index in [2.05, 4.69) is 26.2 Å². The minimum absolute atomic E-state index is 0.194. The number of amides is 1. The second-order valence-electron chi connectivity index (χ2n) is 3.80. The van der Waals surface area contributed by atoms with E-state index in [0.29, 0.717) is 12.1 Å². The van der Waals surface area contributed by atoms with Crippen molar-refractivity contribution in [1.82, 2.24) is 10.3 Å². The minimum atomic E-state index is -0.194. The van der Waals surface area contributed by atoms with Gasteiger partial charge in [0.2, 0.25) is 0 Å². The first-order valence-corrected chi connectivity index (χ1v) is 6.90. The third-order valence-corrected chi connectivity index (χ3v) is 3.10. The molecule has 4 nitrogen and oxygen atoms in total. The van der Waals surface area contributed by atoms with Crippen molar-refractivity contribution in [3.8, 4) is 0 Å². The number of hydrogen-bond donors (Lipinski definition) is 1. The fraction of sp³-hybridized carbons (Fsp3) is 0.500. The van der Waals surface area contributed by atoms with Crippen LogP contribution in [0.1, 0.15) is 29.6 Å². The topological polar surface area (TPSA) is 51.2 Å². The van der Waals surface area contributed by atoms with E-state index < -0.39 is 0 Å². The Balaban J connectivity index is 2.34. The summed E-state index contributed by atoms with van der Waals surface area (Å²) in [5.41, 5.74) is 0.392. The number of pyridine rings is 1. The van der Waals surface area contributed by atoms with Gasteiger partial charge in [0.25, 0.3) is 5.91 Å². The lowest BCUT2D eigenvalue weighted by Gasteiger charge is -2.06. The van der Waals surface area contributed by atoms with Crippen molar-refractivity contribution in [3.05, 3.63) is 27.5 Å². The number of methoxy groups -OCH3 is 1. The number of halogens is 2. The van der Waals surface area contributed by atoms with Gasteiger partial charge in [0.1, 0.15) is 5.15 Å². The van der Waals surface area contributed by atoms with Gasteiger partial charge < -0.3 is 10.1 Å². The lowest BCUT2D eigenvalue weighted by Crippen LogP contribution is -2.25. The van der Waals surface area contributed by atoms with E-state index in [4.69, 9.17) is 16.3 Å². The van der Waals surface area contributed by atoms with E-state index in [1.807, 2.05) is 0 Å². The highest BCUT2D eigenvalue weighted by Crippen LogP contribution is 2.17. The molecule has 0 aliphatic heterocycles. The number of carbonyl (C=O) groups is 1. The molecule has 0 spiro atoms. The van der Waals surface area contributed by atoms with Crippen molar-refractivity contribution in [2.45, 2.75) is 19.3 Å². The molecule has 0 aliphatic carbocycles. The Hall–Kier alpha value is -0.650. The molecule has 1 aromatic rings. The third-order valence-electron chi connectivity index (χ3n) is 2.36. The zero-order chi connectivity index (χ0) is 13.4. The summed E-state index contributed by atoms with van der Waals surface area (Å²) in [6.07, 6.45) is 4.52. The average Bonchev–Trinajstić information content (AvgIpc) is 2.36. The molecule has 1 N–H and O–H groups in total. The van der Waals surface area contributed by atoms with Crippen LogP contribution in [0.25, 0.3) is 0 Å². The molecule has 18 heavy (non-hydrogen) atoms. The van der Waals surface area contributed by atoms with E-state index in [1.54, 1.807) is 19.4 Å². The molecule has 6 heteroatoms. The Kier molecular flexibility index (Phi) is 7.23. The van der Waals surface area contributed by atoms with Gasteiger partial charge in [-0.1, -0.05) is 11.6 Å². The van der Waals surface area contributed by atoms with Crippen LogP contribution in [0.3, 0.4) is 0 Å². The quantitative estimate of drug-likeness (QED) is 0.615. The molecule has 0 bridgehead atoms. The zero-order valence-electron chi connectivity index (χ0n) is 10.2. The van der Waals surface area contributed by atoms with Crippen LogP contribution in [-0.2, 0) is 4.74 Å². The van der Waals surface area contributed by atoms with Crippen molar-refractivity contribution >= 4 is 33.4 Å². The zero-order valence-corrected chi connectivity index (χ0v) is 12.6. The fourth-order valence-electron chi connectivity index (χ4n) is 1.43.